The highest BCUT2D eigenvalue weighted by Crippen LogP contribution is 2.26. The Morgan fingerprint density at radius 3 is 2.14 bits per heavy atom. The van der Waals surface area contributed by atoms with Gasteiger partial charge in [0.25, 0.3) is 0 Å². The maximum Gasteiger partial charge on any atom is 0.242 e. The molecule has 0 amide bonds. The lowest BCUT2D eigenvalue weighted by Crippen LogP contribution is -2.29. The van der Waals surface area contributed by atoms with E-state index in [0.717, 1.165) is 22.6 Å². The first-order valence-electron chi connectivity index (χ1n) is 4.85. The highest BCUT2D eigenvalue weighted by Gasteiger charge is 2.17. The van der Waals surface area contributed by atoms with Crippen molar-refractivity contribution in [3.63, 3.8) is 0 Å². The van der Waals surface area contributed by atoms with Crippen LogP contribution < -0.4 is 10.2 Å². The summed E-state index contributed by atoms with van der Waals surface area (Å²) in [4.78, 5) is 0. The molecule has 0 aliphatic carbocycles. The van der Waals surface area contributed by atoms with Gasteiger partial charge < -0.3 is 10.2 Å². The number of nitrogen functional groups attached to an aromatic ring is 1. The van der Waals surface area contributed by atoms with Gasteiger partial charge >= 0.3 is 0 Å². The fraction of sp³-hybridized carbons (Fsp3) is 0.455. The lowest BCUT2D eigenvalue weighted by Gasteiger charge is -2.21. The molecule has 1 aromatic rings. The normalized spacial score (nSPS) is 11.5. The van der Waals surface area contributed by atoms with Crippen LogP contribution in [-0.4, -0.2) is 8.32 Å². The van der Waals surface area contributed by atoms with E-state index >= 15 is 0 Å². The molecule has 0 radical (unpaired) electrons. The third kappa shape index (κ3) is 2.77. The second-order valence-corrected chi connectivity index (χ2v) is 9.12. The molecule has 1 rings (SSSR count). The van der Waals surface area contributed by atoms with Gasteiger partial charge in [0.1, 0.15) is 5.75 Å². The molecule has 0 aliphatic heterocycles. The van der Waals surface area contributed by atoms with Gasteiger partial charge in [0.2, 0.25) is 8.32 Å². The van der Waals surface area contributed by atoms with Crippen molar-refractivity contribution in [2.24, 2.45) is 0 Å². The molecule has 14 heavy (non-hydrogen) atoms. The molecule has 0 atom stereocenters. The van der Waals surface area contributed by atoms with Crippen LogP contribution in [0.3, 0.4) is 0 Å². The smallest absolute Gasteiger partial charge is 0.242 e. The van der Waals surface area contributed by atoms with Crippen molar-refractivity contribution in [2.45, 2.75) is 33.5 Å². The third-order valence-electron chi connectivity index (χ3n) is 1.98. The molecule has 0 spiro atoms. The Morgan fingerprint density at radius 2 is 1.64 bits per heavy atom. The molecule has 78 valence electrons. The summed E-state index contributed by atoms with van der Waals surface area (Å²) < 4.78 is 5.95. The number of anilines is 1. The fourth-order valence-corrected chi connectivity index (χ4v) is 2.13. The molecule has 0 bridgehead atoms. The largest absolute Gasteiger partial charge is 0.544 e. The average Bonchev–Trinajstić information content (AvgIpc) is 1.97. The van der Waals surface area contributed by atoms with Gasteiger partial charge in [-0.2, -0.15) is 0 Å². The molecule has 0 unspecified atom stereocenters. The van der Waals surface area contributed by atoms with Crippen LogP contribution in [0.5, 0.6) is 5.75 Å². The van der Waals surface area contributed by atoms with Crippen molar-refractivity contribution in [2.75, 3.05) is 5.73 Å². The van der Waals surface area contributed by atoms with Crippen LogP contribution in [0, 0.1) is 13.8 Å². The van der Waals surface area contributed by atoms with Gasteiger partial charge in [0, 0.05) is 5.69 Å². The van der Waals surface area contributed by atoms with Crippen molar-refractivity contribution in [1.82, 2.24) is 0 Å². The number of nitrogens with two attached hydrogens (primary N) is 1. The zero-order chi connectivity index (χ0) is 10.9. The minimum absolute atomic E-state index is 0.838. The van der Waals surface area contributed by atoms with Crippen LogP contribution in [0.4, 0.5) is 5.69 Å². The van der Waals surface area contributed by atoms with Gasteiger partial charge in [-0.3, -0.25) is 0 Å². The highest BCUT2D eigenvalue weighted by atomic mass is 28.4. The molecule has 2 N–H and O–H groups in total. The van der Waals surface area contributed by atoms with E-state index in [9.17, 15) is 0 Å². The standard InChI is InChI=1S/C11H19NOSi/c1-8-7-11(13-14(3,4)5)9(2)6-10(8)12/h6-7H,12H2,1-5H3. The Balaban J connectivity index is 3.04. The van der Waals surface area contributed by atoms with Crippen LogP contribution >= 0.6 is 0 Å². The summed E-state index contributed by atoms with van der Waals surface area (Å²) in [5.74, 6) is 0.982. The molecular weight excluding hydrogens is 190 g/mol. The quantitative estimate of drug-likeness (QED) is 0.600. The van der Waals surface area contributed by atoms with Gasteiger partial charge in [0.15, 0.2) is 0 Å². The molecule has 3 heteroatoms. The van der Waals surface area contributed by atoms with E-state index in [1.165, 1.54) is 0 Å². The summed E-state index contributed by atoms with van der Waals surface area (Å²) in [6, 6.07) is 4.01. The zero-order valence-corrected chi connectivity index (χ0v) is 10.6. The van der Waals surface area contributed by atoms with Crippen molar-refractivity contribution < 1.29 is 4.43 Å². The van der Waals surface area contributed by atoms with Crippen LogP contribution in [0.1, 0.15) is 11.1 Å². The van der Waals surface area contributed by atoms with Gasteiger partial charge in [-0.1, -0.05) is 0 Å². The maximum atomic E-state index is 5.95. The number of benzene rings is 1. The Kier molecular flexibility index (Phi) is 2.90. The van der Waals surface area contributed by atoms with Gasteiger partial charge in [-0.05, 0) is 56.7 Å². The number of rotatable bonds is 2. The summed E-state index contributed by atoms with van der Waals surface area (Å²) in [7, 11) is -1.51. The van der Waals surface area contributed by atoms with E-state index in [0.29, 0.717) is 0 Å². The predicted molar refractivity (Wildman–Crippen MR) is 64.3 cm³/mol. The van der Waals surface area contributed by atoms with Crippen molar-refractivity contribution in [3.8, 4) is 5.75 Å². The minimum Gasteiger partial charge on any atom is -0.544 e. The van der Waals surface area contributed by atoms with Gasteiger partial charge in [-0.15, -0.1) is 0 Å². The summed E-state index contributed by atoms with van der Waals surface area (Å²) >= 11 is 0. The predicted octanol–water partition coefficient (Wildman–Crippen LogP) is 3.10. The Morgan fingerprint density at radius 1 is 1.07 bits per heavy atom. The molecule has 1 aromatic carbocycles. The first-order valence-corrected chi connectivity index (χ1v) is 8.26. The Labute approximate surface area is 87.2 Å². The average molecular weight is 209 g/mol. The van der Waals surface area contributed by atoms with E-state index in [1.807, 2.05) is 26.0 Å². The monoisotopic (exact) mass is 209 g/mol. The fourth-order valence-electron chi connectivity index (χ4n) is 1.25. The molecule has 2 nitrogen and oxygen atoms in total. The number of hydrogen-bond acceptors (Lipinski definition) is 2. The van der Waals surface area contributed by atoms with Crippen LogP contribution in [-0.2, 0) is 0 Å². The number of hydrogen-bond donors (Lipinski definition) is 1. The van der Waals surface area contributed by atoms with Gasteiger partial charge in [0.05, 0.1) is 0 Å². The summed E-state index contributed by atoms with van der Waals surface area (Å²) in [5, 5.41) is 0. The molecular formula is C11H19NOSi. The molecule has 0 saturated heterocycles. The van der Waals surface area contributed by atoms with E-state index < -0.39 is 8.32 Å². The molecule has 0 heterocycles. The third-order valence-corrected chi connectivity index (χ3v) is 2.81. The van der Waals surface area contributed by atoms with E-state index in [-0.39, 0.29) is 0 Å². The van der Waals surface area contributed by atoms with Crippen molar-refractivity contribution in [3.05, 3.63) is 23.3 Å². The Hall–Kier alpha value is -0.963. The molecule has 0 aliphatic rings. The van der Waals surface area contributed by atoms with Crippen molar-refractivity contribution >= 4 is 14.0 Å². The van der Waals surface area contributed by atoms with Gasteiger partial charge in [-0.25, -0.2) is 0 Å². The molecule has 0 aromatic heterocycles. The Bertz CT molecular complexity index is 342. The maximum absolute atomic E-state index is 5.95. The van der Waals surface area contributed by atoms with E-state index in [2.05, 4.69) is 19.6 Å². The van der Waals surface area contributed by atoms with Crippen LogP contribution in [0.15, 0.2) is 12.1 Å². The first kappa shape index (κ1) is 11.1. The SMILES string of the molecule is Cc1cc(O[Si](C)(C)C)c(C)cc1N. The lowest BCUT2D eigenvalue weighted by atomic mass is 10.1. The molecule has 0 saturated carbocycles. The van der Waals surface area contributed by atoms with E-state index in [1.54, 1.807) is 0 Å². The zero-order valence-electron chi connectivity index (χ0n) is 9.64. The lowest BCUT2D eigenvalue weighted by molar-refractivity contribution is 0.552. The first-order chi connectivity index (χ1) is 6.29. The summed E-state index contributed by atoms with van der Waals surface area (Å²) in [6.45, 7) is 10.6. The van der Waals surface area contributed by atoms with Crippen molar-refractivity contribution in [1.29, 1.82) is 0 Å². The molecule has 0 fully saturated rings. The second-order valence-electron chi connectivity index (χ2n) is 4.69. The minimum atomic E-state index is -1.51. The highest BCUT2D eigenvalue weighted by molar-refractivity contribution is 6.70. The summed E-state index contributed by atoms with van der Waals surface area (Å²) in [6.07, 6.45) is 0. The summed E-state index contributed by atoms with van der Waals surface area (Å²) in [5.41, 5.74) is 8.86. The van der Waals surface area contributed by atoms with Crippen LogP contribution in [0.2, 0.25) is 19.6 Å². The number of aryl methyl sites for hydroxylation is 2. The topological polar surface area (TPSA) is 35.2 Å². The van der Waals surface area contributed by atoms with E-state index in [4.69, 9.17) is 10.2 Å². The van der Waals surface area contributed by atoms with Crippen LogP contribution in [0.25, 0.3) is 0 Å². The second kappa shape index (κ2) is 3.65.